The van der Waals surface area contributed by atoms with Crippen molar-refractivity contribution in [1.82, 2.24) is 9.97 Å². The molecule has 0 atom stereocenters. The Morgan fingerprint density at radius 3 is 2.60 bits per heavy atom. The predicted octanol–water partition coefficient (Wildman–Crippen LogP) is 5.16. The van der Waals surface area contributed by atoms with Crippen LogP contribution in [0.2, 0.25) is 5.02 Å². The minimum atomic E-state index is -0.329. The second-order valence-corrected chi connectivity index (χ2v) is 7.53. The Labute approximate surface area is 181 Å². The highest BCUT2D eigenvalue weighted by Crippen LogP contribution is 2.32. The van der Waals surface area contributed by atoms with E-state index in [-0.39, 0.29) is 18.4 Å². The van der Waals surface area contributed by atoms with E-state index in [1.54, 1.807) is 30.7 Å². The third-order valence-electron chi connectivity index (χ3n) is 4.44. The maximum atomic E-state index is 12.5. The number of aromatic nitrogens is 2. The molecule has 1 aromatic carbocycles. The topological polar surface area (TPSA) is 73.3 Å². The largest absolute Gasteiger partial charge is 0.485 e. The van der Waals surface area contributed by atoms with Crippen molar-refractivity contribution in [1.29, 1.82) is 0 Å². The molecular formula is C23H24ClN3O3. The first-order chi connectivity index (χ1) is 14.4. The van der Waals surface area contributed by atoms with Crippen molar-refractivity contribution in [3.63, 3.8) is 0 Å². The van der Waals surface area contributed by atoms with Crippen molar-refractivity contribution >= 4 is 23.3 Å². The molecule has 1 N–H and O–H groups in total. The summed E-state index contributed by atoms with van der Waals surface area (Å²) in [6.07, 6.45) is 4.99. The van der Waals surface area contributed by atoms with Gasteiger partial charge in [0.05, 0.1) is 0 Å². The van der Waals surface area contributed by atoms with Gasteiger partial charge in [-0.1, -0.05) is 25.4 Å². The minimum Gasteiger partial charge on any atom is -0.485 e. The van der Waals surface area contributed by atoms with E-state index in [0.717, 1.165) is 16.7 Å². The van der Waals surface area contributed by atoms with Gasteiger partial charge >= 0.3 is 0 Å². The molecule has 3 rings (SSSR count). The maximum absolute atomic E-state index is 12.5. The Bertz CT molecular complexity index is 1010. The fourth-order valence-electron chi connectivity index (χ4n) is 2.80. The summed E-state index contributed by atoms with van der Waals surface area (Å²) in [5, 5.41) is 3.43. The van der Waals surface area contributed by atoms with Crippen molar-refractivity contribution in [2.24, 2.45) is 0 Å². The molecule has 0 saturated carbocycles. The van der Waals surface area contributed by atoms with Crippen LogP contribution in [-0.2, 0) is 11.4 Å². The van der Waals surface area contributed by atoms with Gasteiger partial charge in [-0.3, -0.25) is 9.78 Å². The number of aryl methyl sites for hydroxylation is 1. The van der Waals surface area contributed by atoms with Gasteiger partial charge in [0, 0.05) is 23.6 Å². The van der Waals surface area contributed by atoms with E-state index in [2.05, 4.69) is 15.3 Å². The number of amides is 1. The summed E-state index contributed by atoms with van der Waals surface area (Å²) >= 11 is 6.23. The van der Waals surface area contributed by atoms with E-state index in [0.29, 0.717) is 28.9 Å². The molecule has 0 bridgehead atoms. The van der Waals surface area contributed by atoms with E-state index in [4.69, 9.17) is 21.1 Å². The smallest absolute Gasteiger partial charge is 0.263 e. The van der Waals surface area contributed by atoms with Crippen LogP contribution in [0.25, 0.3) is 0 Å². The number of ether oxygens (including phenoxy) is 2. The van der Waals surface area contributed by atoms with Crippen LogP contribution < -0.4 is 14.8 Å². The number of benzene rings is 1. The van der Waals surface area contributed by atoms with Crippen molar-refractivity contribution in [2.75, 3.05) is 11.9 Å². The third kappa shape index (κ3) is 5.70. The molecule has 0 spiro atoms. The summed E-state index contributed by atoms with van der Waals surface area (Å²) in [4.78, 5) is 20.7. The van der Waals surface area contributed by atoms with E-state index >= 15 is 0 Å². The normalized spacial score (nSPS) is 10.7. The highest BCUT2D eigenvalue weighted by atomic mass is 35.5. The van der Waals surface area contributed by atoms with Gasteiger partial charge in [0.1, 0.15) is 12.4 Å². The van der Waals surface area contributed by atoms with Crippen LogP contribution in [0.4, 0.5) is 5.82 Å². The lowest BCUT2D eigenvalue weighted by atomic mass is 10.0. The molecule has 30 heavy (non-hydrogen) atoms. The number of anilines is 1. The van der Waals surface area contributed by atoms with E-state index in [1.165, 1.54) is 0 Å². The molecule has 3 aromatic rings. The Balaban J connectivity index is 1.64. The Morgan fingerprint density at radius 1 is 1.10 bits per heavy atom. The predicted molar refractivity (Wildman–Crippen MR) is 117 cm³/mol. The number of carbonyl (C=O) groups excluding carboxylic acids is 1. The number of carbonyl (C=O) groups is 1. The Morgan fingerprint density at radius 2 is 1.87 bits per heavy atom. The van der Waals surface area contributed by atoms with Crippen LogP contribution in [0.5, 0.6) is 11.5 Å². The highest BCUT2D eigenvalue weighted by molar-refractivity contribution is 6.31. The number of nitrogens with one attached hydrogen (secondary N) is 1. The number of hydrogen-bond acceptors (Lipinski definition) is 5. The van der Waals surface area contributed by atoms with E-state index in [1.807, 2.05) is 45.0 Å². The first-order valence-electron chi connectivity index (χ1n) is 9.63. The van der Waals surface area contributed by atoms with Gasteiger partial charge in [-0.15, -0.1) is 0 Å². The van der Waals surface area contributed by atoms with Crippen LogP contribution >= 0.6 is 11.6 Å². The van der Waals surface area contributed by atoms with Gasteiger partial charge < -0.3 is 14.8 Å². The van der Waals surface area contributed by atoms with Gasteiger partial charge in [0.15, 0.2) is 18.2 Å². The zero-order valence-corrected chi connectivity index (χ0v) is 17.9. The van der Waals surface area contributed by atoms with E-state index < -0.39 is 0 Å². The summed E-state index contributed by atoms with van der Waals surface area (Å²) in [5.41, 5.74) is 2.82. The molecule has 0 aliphatic carbocycles. The highest BCUT2D eigenvalue weighted by Gasteiger charge is 2.14. The number of rotatable bonds is 8. The average molecular weight is 426 g/mol. The maximum Gasteiger partial charge on any atom is 0.263 e. The first kappa shape index (κ1) is 21.6. The quantitative estimate of drug-likeness (QED) is 0.539. The standard InChI is InChI=1S/C23H24ClN3O3/c1-15(2)18-12-19(24)16(3)11-21(18)30-14-22(28)27-23-20(5-4-8-26-23)29-13-17-6-9-25-10-7-17/h4-12,15H,13-14H2,1-3H3,(H,26,27,28). The van der Waals surface area contributed by atoms with Crippen LogP contribution in [0.1, 0.15) is 36.5 Å². The van der Waals surface area contributed by atoms with Crippen molar-refractivity contribution in [3.05, 3.63) is 76.7 Å². The number of hydrogen-bond donors (Lipinski definition) is 1. The SMILES string of the molecule is Cc1cc(OCC(=O)Nc2ncccc2OCc2ccncc2)c(C(C)C)cc1Cl. The molecule has 0 fully saturated rings. The summed E-state index contributed by atoms with van der Waals surface area (Å²) < 4.78 is 11.6. The van der Waals surface area contributed by atoms with Crippen molar-refractivity contribution < 1.29 is 14.3 Å². The molecule has 0 aliphatic heterocycles. The number of pyridine rings is 2. The fourth-order valence-corrected chi connectivity index (χ4v) is 2.97. The van der Waals surface area contributed by atoms with Gasteiger partial charge in [-0.2, -0.15) is 0 Å². The lowest BCUT2D eigenvalue weighted by Crippen LogP contribution is -2.21. The van der Waals surface area contributed by atoms with E-state index in [9.17, 15) is 4.79 Å². The van der Waals surface area contributed by atoms with Crippen molar-refractivity contribution in [3.8, 4) is 11.5 Å². The van der Waals surface area contributed by atoms with Gasteiger partial charge in [0.25, 0.3) is 5.91 Å². The Hall–Kier alpha value is -3.12. The molecular weight excluding hydrogens is 402 g/mol. The fraction of sp³-hybridized carbons (Fsp3) is 0.261. The minimum absolute atomic E-state index is 0.152. The average Bonchev–Trinajstić information content (AvgIpc) is 2.74. The third-order valence-corrected chi connectivity index (χ3v) is 4.85. The zero-order chi connectivity index (χ0) is 21.5. The van der Waals surface area contributed by atoms with Crippen LogP contribution in [0.3, 0.4) is 0 Å². The molecule has 0 radical (unpaired) electrons. The lowest BCUT2D eigenvalue weighted by molar-refractivity contribution is -0.118. The Kier molecular flexibility index (Phi) is 7.25. The summed E-state index contributed by atoms with van der Waals surface area (Å²) in [6.45, 7) is 6.19. The molecule has 0 saturated heterocycles. The van der Waals surface area contributed by atoms with Crippen LogP contribution in [-0.4, -0.2) is 22.5 Å². The molecule has 6 nitrogen and oxygen atoms in total. The molecule has 0 aliphatic rings. The van der Waals surface area contributed by atoms with Crippen molar-refractivity contribution in [2.45, 2.75) is 33.3 Å². The van der Waals surface area contributed by atoms with Gasteiger partial charge in [-0.25, -0.2) is 4.98 Å². The monoisotopic (exact) mass is 425 g/mol. The van der Waals surface area contributed by atoms with Crippen LogP contribution in [0.15, 0.2) is 55.0 Å². The molecule has 7 heteroatoms. The molecule has 2 heterocycles. The number of halogens is 1. The molecule has 0 unspecified atom stereocenters. The second kappa shape index (κ2) is 10.1. The summed E-state index contributed by atoms with van der Waals surface area (Å²) in [5.74, 6) is 1.36. The summed E-state index contributed by atoms with van der Waals surface area (Å²) in [6, 6.07) is 11.0. The van der Waals surface area contributed by atoms with Gasteiger partial charge in [0.2, 0.25) is 0 Å². The first-order valence-corrected chi connectivity index (χ1v) is 10.0. The molecule has 156 valence electrons. The van der Waals surface area contributed by atoms with Gasteiger partial charge in [-0.05, 0) is 65.9 Å². The zero-order valence-electron chi connectivity index (χ0n) is 17.2. The molecule has 2 aromatic heterocycles. The van der Waals surface area contributed by atoms with Crippen LogP contribution in [0, 0.1) is 6.92 Å². The second-order valence-electron chi connectivity index (χ2n) is 7.13. The molecule has 1 amide bonds. The lowest BCUT2D eigenvalue weighted by Gasteiger charge is -2.16. The number of nitrogens with zero attached hydrogens (tertiary/aromatic N) is 2. The summed E-state index contributed by atoms with van der Waals surface area (Å²) in [7, 11) is 0.